The molecule has 1 amide bonds. The van der Waals surface area contributed by atoms with Crippen molar-refractivity contribution in [2.75, 3.05) is 31.1 Å². The maximum absolute atomic E-state index is 12.5. The van der Waals surface area contributed by atoms with Crippen LogP contribution in [0.5, 0.6) is 0 Å². The fraction of sp³-hybridized carbons (Fsp3) is 0.600. The predicted molar refractivity (Wildman–Crippen MR) is 127 cm³/mol. The van der Waals surface area contributed by atoms with Gasteiger partial charge in [0.15, 0.2) is 15.8 Å². The van der Waals surface area contributed by atoms with E-state index in [9.17, 15) is 13.2 Å². The van der Waals surface area contributed by atoms with Gasteiger partial charge in [-0.25, -0.2) is 13.4 Å². The lowest BCUT2D eigenvalue weighted by atomic mass is 10.1. The highest BCUT2D eigenvalue weighted by molar-refractivity contribution is 14.0. The second-order valence-electron chi connectivity index (χ2n) is 7.49. The number of hydrogen-bond donors (Lipinski definition) is 2. The Kier molecular flexibility index (Phi) is 9.19. The fourth-order valence-corrected chi connectivity index (χ4v) is 5.30. The van der Waals surface area contributed by atoms with Crippen molar-refractivity contribution in [2.45, 2.75) is 45.2 Å². The summed E-state index contributed by atoms with van der Waals surface area (Å²) in [7, 11) is -2.93. The molecule has 2 heterocycles. The fourth-order valence-electron chi connectivity index (χ4n) is 3.62. The summed E-state index contributed by atoms with van der Waals surface area (Å²) in [5.41, 5.74) is 1.72. The second-order valence-corrected chi connectivity index (χ2v) is 9.72. The van der Waals surface area contributed by atoms with Crippen LogP contribution in [0.4, 0.5) is 0 Å². The first kappa shape index (κ1) is 23.9. The van der Waals surface area contributed by atoms with E-state index in [0.717, 1.165) is 37.1 Å². The summed E-state index contributed by atoms with van der Waals surface area (Å²) in [6.45, 7) is 4.84. The van der Waals surface area contributed by atoms with Gasteiger partial charge in [-0.1, -0.05) is 12.1 Å². The molecule has 0 bridgehead atoms. The summed E-state index contributed by atoms with van der Waals surface area (Å²) < 4.78 is 23.3. The zero-order valence-corrected chi connectivity index (χ0v) is 20.0. The summed E-state index contributed by atoms with van der Waals surface area (Å²) in [6.07, 6.45) is 3.98. The summed E-state index contributed by atoms with van der Waals surface area (Å²) in [5.74, 6) is 1.12. The Morgan fingerprint density at radius 1 is 1.17 bits per heavy atom. The molecule has 1 aromatic rings. The first-order valence-corrected chi connectivity index (χ1v) is 11.9. The monoisotopic (exact) mass is 534 g/mol. The van der Waals surface area contributed by atoms with Crippen LogP contribution in [0.25, 0.3) is 0 Å². The number of guanidine groups is 1. The molecular weight excluding hydrogens is 503 g/mol. The van der Waals surface area contributed by atoms with Gasteiger partial charge in [-0.15, -0.1) is 24.0 Å². The van der Waals surface area contributed by atoms with Gasteiger partial charge in [-0.05, 0) is 50.3 Å². The molecule has 0 aliphatic carbocycles. The first-order valence-electron chi connectivity index (χ1n) is 10.1. The van der Waals surface area contributed by atoms with Gasteiger partial charge < -0.3 is 15.5 Å². The molecule has 2 N–H and O–H groups in total. The average molecular weight is 534 g/mol. The van der Waals surface area contributed by atoms with Crippen molar-refractivity contribution in [3.8, 4) is 0 Å². The molecule has 3 rings (SSSR count). The molecule has 0 saturated carbocycles. The number of aliphatic imine (C=N–C) groups is 1. The van der Waals surface area contributed by atoms with E-state index < -0.39 is 9.84 Å². The maximum Gasteiger partial charge on any atom is 0.253 e. The number of benzene rings is 1. The van der Waals surface area contributed by atoms with Gasteiger partial charge in [0.2, 0.25) is 0 Å². The Bertz CT molecular complexity index is 806. The van der Waals surface area contributed by atoms with Crippen molar-refractivity contribution < 1.29 is 13.2 Å². The van der Waals surface area contributed by atoms with Crippen LogP contribution >= 0.6 is 24.0 Å². The molecule has 2 aliphatic rings. The number of piperidine rings is 1. The van der Waals surface area contributed by atoms with Gasteiger partial charge in [0.1, 0.15) is 0 Å². The first-order chi connectivity index (χ1) is 13.5. The van der Waals surface area contributed by atoms with E-state index in [1.54, 1.807) is 0 Å². The zero-order valence-electron chi connectivity index (χ0n) is 16.9. The quantitative estimate of drug-likeness (QED) is 0.344. The van der Waals surface area contributed by atoms with Crippen molar-refractivity contribution in [1.82, 2.24) is 15.5 Å². The molecular formula is C20H31IN4O3S. The van der Waals surface area contributed by atoms with Crippen molar-refractivity contribution in [3.05, 3.63) is 35.4 Å². The molecule has 0 spiro atoms. The lowest BCUT2D eigenvalue weighted by Gasteiger charge is -2.26. The Morgan fingerprint density at radius 3 is 2.45 bits per heavy atom. The molecule has 2 saturated heterocycles. The lowest BCUT2D eigenvalue weighted by Crippen LogP contribution is -2.44. The summed E-state index contributed by atoms with van der Waals surface area (Å²) in [4.78, 5) is 19.0. The summed E-state index contributed by atoms with van der Waals surface area (Å²) in [5, 5.41) is 6.38. The molecule has 1 aromatic carbocycles. The molecule has 7 nitrogen and oxygen atoms in total. The van der Waals surface area contributed by atoms with Gasteiger partial charge >= 0.3 is 0 Å². The van der Waals surface area contributed by atoms with Crippen LogP contribution in [0.1, 0.15) is 48.5 Å². The highest BCUT2D eigenvalue weighted by Crippen LogP contribution is 2.14. The SMILES string of the molecule is CCNC(=NCc1ccc(C(=O)N2CCCCC2)cc1)NC1CCS(=O)(=O)C1.I. The minimum absolute atomic E-state index is 0. The van der Waals surface area contributed by atoms with Gasteiger partial charge in [-0.3, -0.25) is 4.79 Å². The number of carbonyl (C=O) groups excluding carboxylic acids is 1. The molecule has 1 unspecified atom stereocenters. The van der Waals surface area contributed by atoms with Gasteiger partial charge in [0, 0.05) is 31.2 Å². The minimum Gasteiger partial charge on any atom is -0.357 e. The van der Waals surface area contributed by atoms with Crippen molar-refractivity contribution in [1.29, 1.82) is 0 Å². The maximum atomic E-state index is 12.5. The third kappa shape index (κ3) is 7.13. The smallest absolute Gasteiger partial charge is 0.253 e. The molecule has 0 aromatic heterocycles. The van der Waals surface area contributed by atoms with Crippen molar-refractivity contribution in [3.63, 3.8) is 0 Å². The van der Waals surface area contributed by atoms with E-state index in [-0.39, 0.29) is 47.4 Å². The molecule has 2 aliphatic heterocycles. The van der Waals surface area contributed by atoms with E-state index in [4.69, 9.17) is 0 Å². The number of likely N-dealkylation sites (tertiary alicyclic amines) is 1. The standard InChI is InChI=1S/C20H30N4O3S.HI/c1-2-21-20(23-18-10-13-28(26,27)15-18)22-14-16-6-8-17(9-7-16)19(25)24-11-4-3-5-12-24;/h6-9,18H,2-5,10-15H2,1H3,(H2,21,22,23);1H. The zero-order chi connectivity index (χ0) is 20.0. The van der Waals surface area contributed by atoms with Crippen LogP contribution in [0.15, 0.2) is 29.3 Å². The highest BCUT2D eigenvalue weighted by Gasteiger charge is 2.28. The van der Waals surface area contributed by atoms with Crippen LogP contribution < -0.4 is 10.6 Å². The molecule has 0 radical (unpaired) electrons. The van der Waals surface area contributed by atoms with Crippen LogP contribution in [-0.2, 0) is 16.4 Å². The van der Waals surface area contributed by atoms with E-state index >= 15 is 0 Å². The summed E-state index contributed by atoms with van der Waals surface area (Å²) >= 11 is 0. The normalized spacial score (nSPS) is 21.3. The predicted octanol–water partition coefficient (Wildman–Crippen LogP) is 2.17. The number of rotatable bonds is 5. The third-order valence-corrected chi connectivity index (χ3v) is 6.95. The number of amides is 1. The Labute approximate surface area is 190 Å². The van der Waals surface area contributed by atoms with E-state index in [2.05, 4.69) is 15.6 Å². The topological polar surface area (TPSA) is 90.9 Å². The van der Waals surface area contributed by atoms with Crippen LogP contribution in [0.3, 0.4) is 0 Å². The Balaban J connectivity index is 0.00000300. The van der Waals surface area contributed by atoms with Crippen molar-refractivity contribution >= 4 is 45.7 Å². The van der Waals surface area contributed by atoms with Crippen LogP contribution in [0, 0.1) is 0 Å². The summed E-state index contributed by atoms with van der Waals surface area (Å²) in [6, 6.07) is 7.51. The molecule has 29 heavy (non-hydrogen) atoms. The van der Waals surface area contributed by atoms with Crippen molar-refractivity contribution in [2.24, 2.45) is 4.99 Å². The van der Waals surface area contributed by atoms with Crippen LogP contribution in [0.2, 0.25) is 0 Å². The average Bonchev–Trinajstić information content (AvgIpc) is 3.05. The minimum atomic E-state index is -2.93. The number of hydrogen-bond acceptors (Lipinski definition) is 4. The second kappa shape index (κ2) is 11.1. The number of nitrogens with zero attached hydrogens (tertiary/aromatic N) is 2. The molecule has 1 atom stereocenters. The Morgan fingerprint density at radius 2 is 1.86 bits per heavy atom. The molecule has 162 valence electrons. The lowest BCUT2D eigenvalue weighted by molar-refractivity contribution is 0.0724. The van der Waals surface area contributed by atoms with E-state index in [1.807, 2.05) is 36.1 Å². The third-order valence-electron chi connectivity index (χ3n) is 5.18. The van der Waals surface area contributed by atoms with Gasteiger partial charge in [-0.2, -0.15) is 0 Å². The molecule has 9 heteroatoms. The number of halogens is 1. The van der Waals surface area contributed by atoms with Gasteiger partial charge in [0.25, 0.3) is 5.91 Å². The number of carbonyl (C=O) groups is 1. The largest absolute Gasteiger partial charge is 0.357 e. The van der Waals surface area contributed by atoms with Crippen LogP contribution in [-0.4, -0.2) is 62.4 Å². The highest BCUT2D eigenvalue weighted by atomic mass is 127. The van der Waals surface area contributed by atoms with E-state index in [0.29, 0.717) is 25.5 Å². The number of sulfone groups is 1. The molecule has 2 fully saturated rings. The van der Waals surface area contributed by atoms with Gasteiger partial charge in [0.05, 0.1) is 18.1 Å². The van der Waals surface area contributed by atoms with E-state index in [1.165, 1.54) is 6.42 Å². The Hall–Kier alpha value is -1.36. The number of nitrogens with one attached hydrogen (secondary N) is 2.